The van der Waals surface area contributed by atoms with Gasteiger partial charge in [-0.05, 0) is 28.7 Å². The molecule has 0 radical (unpaired) electrons. The van der Waals surface area contributed by atoms with Gasteiger partial charge in [-0.3, -0.25) is 4.79 Å². The summed E-state index contributed by atoms with van der Waals surface area (Å²) in [6.07, 6.45) is -0.311. The number of ether oxygens (including phenoxy) is 2. The lowest BCUT2D eigenvalue weighted by atomic mass is 9.98. The van der Waals surface area contributed by atoms with Crippen LogP contribution in [0.3, 0.4) is 0 Å². The van der Waals surface area contributed by atoms with Gasteiger partial charge in [-0.15, -0.1) is 0 Å². The summed E-state index contributed by atoms with van der Waals surface area (Å²) in [5, 5.41) is 14.3. The first-order valence-electron chi connectivity index (χ1n) is 11.1. The number of carboxylic acids is 1. The Morgan fingerprint density at radius 3 is 2.18 bits per heavy atom. The third-order valence-electron chi connectivity index (χ3n) is 5.77. The predicted octanol–water partition coefficient (Wildman–Crippen LogP) is 3.30. The van der Waals surface area contributed by atoms with Gasteiger partial charge in [-0.2, -0.15) is 0 Å². The molecule has 0 heterocycles. The molecule has 1 unspecified atom stereocenters. The Hall–Kier alpha value is -3.39. The zero-order valence-corrected chi connectivity index (χ0v) is 18.9. The normalized spacial score (nSPS) is 14.0. The minimum atomic E-state index is -1.07. The van der Waals surface area contributed by atoms with E-state index in [1.807, 2.05) is 43.3 Å². The van der Waals surface area contributed by atoms with Crippen molar-refractivity contribution >= 4 is 18.0 Å². The van der Waals surface area contributed by atoms with Gasteiger partial charge in [-0.1, -0.05) is 61.9 Å². The van der Waals surface area contributed by atoms with Crippen LogP contribution in [0.25, 0.3) is 11.1 Å². The Kier molecular flexibility index (Phi) is 8.43. The van der Waals surface area contributed by atoms with Crippen molar-refractivity contribution in [2.75, 3.05) is 20.3 Å². The van der Waals surface area contributed by atoms with E-state index in [1.54, 1.807) is 0 Å². The quantitative estimate of drug-likeness (QED) is 0.480. The fourth-order valence-electron chi connectivity index (χ4n) is 4.09. The lowest BCUT2D eigenvalue weighted by molar-refractivity contribution is -0.142. The molecule has 33 heavy (non-hydrogen) atoms. The number of carboxylic acid groups (broad SMARTS) is 1. The maximum Gasteiger partial charge on any atom is 0.407 e. The van der Waals surface area contributed by atoms with Crippen LogP contribution in [0.2, 0.25) is 0 Å². The van der Waals surface area contributed by atoms with Gasteiger partial charge in [0.25, 0.3) is 0 Å². The maximum atomic E-state index is 12.3. The Bertz CT molecular complexity index is 947. The number of hydrogen-bond donors (Lipinski definition) is 3. The second-order valence-corrected chi connectivity index (χ2v) is 8.02. The highest BCUT2D eigenvalue weighted by molar-refractivity contribution is 5.84. The van der Waals surface area contributed by atoms with Crippen LogP contribution in [-0.2, 0) is 19.1 Å². The smallest absolute Gasteiger partial charge is 0.407 e. The van der Waals surface area contributed by atoms with Crippen molar-refractivity contribution in [1.29, 1.82) is 0 Å². The van der Waals surface area contributed by atoms with Crippen molar-refractivity contribution in [3.8, 4) is 11.1 Å². The number of alkyl carbamates (subject to hydrolysis) is 1. The van der Waals surface area contributed by atoms with Crippen molar-refractivity contribution in [3.63, 3.8) is 0 Å². The molecule has 2 atom stereocenters. The second-order valence-electron chi connectivity index (χ2n) is 8.02. The summed E-state index contributed by atoms with van der Waals surface area (Å²) in [6.45, 7) is 2.10. The minimum Gasteiger partial charge on any atom is -0.480 e. The zero-order chi connectivity index (χ0) is 23.8. The minimum absolute atomic E-state index is 0.0429. The highest BCUT2D eigenvalue weighted by Crippen LogP contribution is 2.44. The first-order chi connectivity index (χ1) is 15.9. The molecular formula is C25H30N2O6. The Balaban J connectivity index is 1.50. The number of fused-ring (bicyclic) bond motifs is 3. The van der Waals surface area contributed by atoms with Gasteiger partial charge < -0.3 is 25.2 Å². The number of rotatable bonds is 11. The number of nitrogens with one attached hydrogen (secondary N) is 2. The van der Waals surface area contributed by atoms with Gasteiger partial charge in [-0.25, -0.2) is 9.59 Å². The molecular weight excluding hydrogens is 424 g/mol. The molecule has 3 rings (SSSR count). The van der Waals surface area contributed by atoms with E-state index < -0.39 is 30.1 Å². The molecule has 0 aromatic heterocycles. The Labute approximate surface area is 193 Å². The van der Waals surface area contributed by atoms with E-state index in [2.05, 4.69) is 22.8 Å². The molecule has 1 aliphatic carbocycles. The fraction of sp³-hybridized carbons (Fsp3) is 0.400. The van der Waals surface area contributed by atoms with Crippen LogP contribution < -0.4 is 10.6 Å². The number of amides is 2. The summed E-state index contributed by atoms with van der Waals surface area (Å²) in [5.41, 5.74) is 4.54. The summed E-state index contributed by atoms with van der Waals surface area (Å²) < 4.78 is 10.7. The number of carbonyl (C=O) groups excluding carboxylic acids is 2. The van der Waals surface area contributed by atoms with Crippen molar-refractivity contribution in [2.24, 2.45) is 0 Å². The molecule has 176 valence electrons. The molecule has 3 N–H and O–H groups in total. The van der Waals surface area contributed by atoms with Crippen LogP contribution in [0.4, 0.5) is 4.79 Å². The van der Waals surface area contributed by atoms with Crippen LogP contribution in [-0.4, -0.2) is 55.5 Å². The molecule has 8 heteroatoms. The monoisotopic (exact) mass is 454 g/mol. The zero-order valence-electron chi connectivity index (χ0n) is 18.9. The molecule has 0 aliphatic heterocycles. The number of methoxy groups -OCH3 is 1. The highest BCUT2D eigenvalue weighted by Gasteiger charge is 2.29. The van der Waals surface area contributed by atoms with Gasteiger partial charge >= 0.3 is 12.1 Å². The van der Waals surface area contributed by atoms with Crippen molar-refractivity contribution < 1.29 is 29.0 Å². The van der Waals surface area contributed by atoms with E-state index >= 15 is 0 Å². The second kappa shape index (κ2) is 11.5. The van der Waals surface area contributed by atoms with E-state index in [9.17, 15) is 19.5 Å². The number of aliphatic carboxylic acids is 1. The van der Waals surface area contributed by atoms with Gasteiger partial charge in [0, 0.05) is 19.6 Å². The summed E-state index contributed by atoms with van der Waals surface area (Å²) in [7, 11) is 1.43. The molecule has 0 fully saturated rings. The maximum absolute atomic E-state index is 12.3. The summed E-state index contributed by atoms with van der Waals surface area (Å²) in [6, 6.07) is 15.2. The standard InChI is InChI=1S/C25H30N2O6/c1-3-8-22(24(29)30)27-23(28)13-16(32-2)14-26-25(31)33-15-21-19-11-6-4-9-17(19)18-10-5-7-12-20(18)21/h4-7,9-12,16,21-22H,3,8,13-15H2,1-2H3,(H,26,31)(H,27,28)(H,29,30)/t16?,22-/m1/s1. The largest absolute Gasteiger partial charge is 0.480 e. The van der Waals surface area contributed by atoms with Crippen LogP contribution >= 0.6 is 0 Å². The fourth-order valence-corrected chi connectivity index (χ4v) is 4.09. The van der Waals surface area contributed by atoms with Crippen molar-refractivity contribution in [2.45, 2.75) is 44.2 Å². The van der Waals surface area contributed by atoms with Crippen molar-refractivity contribution in [1.82, 2.24) is 10.6 Å². The molecule has 2 aromatic rings. The summed E-state index contributed by atoms with van der Waals surface area (Å²) in [5.74, 6) is -1.56. The average Bonchev–Trinajstić information content (AvgIpc) is 3.13. The molecule has 0 spiro atoms. The Morgan fingerprint density at radius 2 is 1.64 bits per heavy atom. The summed E-state index contributed by atoms with van der Waals surface area (Å²) >= 11 is 0. The SMILES string of the molecule is CCC[C@@H](NC(=O)CC(CNC(=O)OCC1c2ccccc2-c2ccccc21)OC)C(=O)O. The third kappa shape index (κ3) is 6.10. The lowest BCUT2D eigenvalue weighted by Gasteiger charge is -2.19. The van der Waals surface area contributed by atoms with Gasteiger partial charge in [0.15, 0.2) is 0 Å². The first-order valence-corrected chi connectivity index (χ1v) is 11.1. The van der Waals surface area contributed by atoms with Crippen LogP contribution in [0.15, 0.2) is 48.5 Å². The van der Waals surface area contributed by atoms with Crippen LogP contribution in [0, 0.1) is 0 Å². The van der Waals surface area contributed by atoms with E-state index in [-0.39, 0.29) is 25.5 Å². The molecule has 8 nitrogen and oxygen atoms in total. The third-order valence-corrected chi connectivity index (χ3v) is 5.77. The van der Waals surface area contributed by atoms with E-state index in [4.69, 9.17) is 9.47 Å². The van der Waals surface area contributed by atoms with Crippen molar-refractivity contribution in [3.05, 3.63) is 59.7 Å². The lowest BCUT2D eigenvalue weighted by Crippen LogP contribution is -2.43. The highest BCUT2D eigenvalue weighted by atomic mass is 16.5. The number of benzene rings is 2. The van der Waals surface area contributed by atoms with E-state index in [0.29, 0.717) is 12.8 Å². The van der Waals surface area contributed by atoms with Gasteiger partial charge in [0.1, 0.15) is 12.6 Å². The van der Waals surface area contributed by atoms with E-state index in [0.717, 1.165) is 22.3 Å². The molecule has 2 aromatic carbocycles. The first kappa shape index (κ1) is 24.3. The Morgan fingerprint density at radius 1 is 1.03 bits per heavy atom. The van der Waals surface area contributed by atoms with Gasteiger partial charge in [0.05, 0.1) is 12.5 Å². The average molecular weight is 455 g/mol. The summed E-state index contributed by atoms with van der Waals surface area (Å²) in [4.78, 5) is 35.7. The molecule has 0 bridgehead atoms. The van der Waals surface area contributed by atoms with Crippen LogP contribution in [0.5, 0.6) is 0 Å². The predicted molar refractivity (Wildman–Crippen MR) is 123 cm³/mol. The van der Waals surface area contributed by atoms with E-state index in [1.165, 1.54) is 7.11 Å². The van der Waals surface area contributed by atoms with Crippen LogP contribution in [0.1, 0.15) is 43.2 Å². The van der Waals surface area contributed by atoms with Gasteiger partial charge in [0.2, 0.25) is 5.91 Å². The topological polar surface area (TPSA) is 114 Å². The molecule has 0 saturated heterocycles. The number of carbonyl (C=O) groups is 3. The molecule has 0 saturated carbocycles. The number of hydrogen-bond acceptors (Lipinski definition) is 5. The molecule has 1 aliphatic rings. The molecule has 2 amide bonds.